The number of rotatable bonds is 4. The molecule has 14 heavy (non-hydrogen) atoms. The van der Waals surface area contributed by atoms with Gasteiger partial charge < -0.3 is 20.6 Å². The topological polar surface area (TPSA) is 88.5 Å². The van der Waals surface area contributed by atoms with E-state index < -0.39 is 0 Å². The normalized spacial score (nSPS) is 12.4. The van der Waals surface area contributed by atoms with Gasteiger partial charge in [0.2, 0.25) is 0 Å². The Balaban J connectivity index is 2.58. The average Bonchev–Trinajstić information content (AvgIpc) is 2.61. The van der Waals surface area contributed by atoms with Crippen molar-refractivity contribution in [2.45, 2.75) is 19.4 Å². The zero-order chi connectivity index (χ0) is 10.6. The number of anilines is 1. The minimum atomic E-state index is -0.359. The molecule has 5 nitrogen and oxygen atoms in total. The number of nitrogens with two attached hydrogens (primary N) is 1. The first-order valence-electron chi connectivity index (χ1n) is 4.44. The number of hydrogen-bond donors (Lipinski definition) is 3. The minimum absolute atomic E-state index is 0.0849. The molecule has 0 radical (unpaired) electrons. The van der Waals surface area contributed by atoms with Gasteiger partial charge in [-0.2, -0.15) is 0 Å². The predicted molar refractivity (Wildman–Crippen MR) is 51.8 cm³/mol. The standard InChI is InChI=1S/C9H14N2O3/c1-2-6(5-12)11-9(13)7-3-4-8(10)14-7/h3-4,6,12H,2,5,10H2,1H3,(H,11,13). The highest BCUT2D eigenvalue weighted by Crippen LogP contribution is 2.09. The Hall–Kier alpha value is -1.49. The van der Waals surface area contributed by atoms with Crippen LogP contribution in [0.1, 0.15) is 23.9 Å². The van der Waals surface area contributed by atoms with Crippen molar-refractivity contribution in [3.63, 3.8) is 0 Å². The first-order chi connectivity index (χ1) is 6.67. The van der Waals surface area contributed by atoms with E-state index in [-0.39, 0.29) is 30.2 Å². The summed E-state index contributed by atoms with van der Waals surface area (Å²) in [5, 5.41) is 11.5. The molecule has 1 atom stereocenters. The number of aliphatic hydroxyl groups is 1. The highest BCUT2D eigenvalue weighted by Gasteiger charge is 2.13. The summed E-state index contributed by atoms with van der Waals surface area (Å²) in [5.41, 5.74) is 5.32. The van der Waals surface area contributed by atoms with Crippen LogP contribution in [-0.2, 0) is 0 Å². The van der Waals surface area contributed by atoms with Gasteiger partial charge in [-0.3, -0.25) is 4.79 Å². The lowest BCUT2D eigenvalue weighted by Gasteiger charge is -2.12. The van der Waals surface area contributed by atoms with Gasteiger partial charge >= 0.3 is 0 Å². The number of carbonyl (C=O) groups excluding carboxylic acids is 1. The van der Waals surface area contributed by atoms with Crippen LogP contribution in [0.3, 0.4) is 0 Å². The predicted octanol–water partition coefficient (Wildman–Crippen LogP) is 0.363. The van der Waals surface area contributed by atoms with Crippen molar-refractivity contribution in [2.24, 2.45) is 0 Å². The fourth-order valence-electron chi connectivity index (χ4n) is 1.01. The lowest BCUT2D eigenvalue weighted by atomic mass is 10.2. The van der Waals surface area contributed by atoms with Gasteiger partial charge in [0, 0.05) is 6.07 Å². The molecule has 78 valence electrons. The van der Waals surface area contributed by atoms with E-state index in [2.05, 4.69) is 5.32 Å². The maximum absolute atomic E-state index is 11.4. The van der Waals surface area contributed by atoms with Crippen molar-refractivity contribution in [3.05, 3.63) is 17.9 Å². The van der Waals surface area contributed by atoms with Gasteiger partial charge in [-0.15, -0.1) is 0 Å². The fraction of sp³-hybridized carbons (Fsp3) is 0.444. The van der Waals surface area contributed by atoms with Crippen molar-refractivity contribution >= 4 is 11.8 Å². The van der Waals surface area contributed by atoms with Gasteiger partial charge in [-0.1, -0.05) is 6.92 Å². The Bertz CT molecular complexity index is 305. The Morgan fingerprint density at radius 2 is 2.43 bits per heavy atom. The van der Waals surface area contributed by atoms with Crippen molar-refractivity contribution < 1.29 is 14.3 Å². The molecule has 0 fully saturated rings. The summed E-state index contributed by atoms with van der Waals surface area (Å²) in [6.07, 6.45) is 0.665. The van der Waals surface area contributed by atoms with Crippen LogP contribution in [-0.4, -0.2) is 23.7 Å². The summed E-state index contributed by atoms with van der Waals surface area (Å²) in [7, 11) is 0. The number of hydrogen-bond acceptors (Lipinski definition) is 4. The molecule has 0 aliphatic carbocycles. The number of nitrogen functional groups attached to an aromatic ring is 1. The second-order valence-corrected chi connectivity index (χ2v) is 2.96. The third-order valence-electron chi connectivity index (χ3n) is 1.90. The summed E-state index contributed by atoms with van der Waals surface area (Å²) >= 11 is 0. The van der Waals surface area contributed by atoms with Gasteiger partial charge in [0.05, 0.1) is 12.6 Å². The Labute approximate surface area is 81.9 Å². The van der Waals surface area contributed by atoms with Gasteiger partial charge in [-0.05, 0) is 12.5 Å². The third-order valence-corrected chi connectivity index (χ3v) is 1.90. The SMILES string of the molecule is CCC(CO)NC(=O)c1ccc(N)o1. The van der Waals surface area contributed by atoms with E-state index in [4.69, 9.17) is 15.3 Å². The van der Waals surface area contributed by atoms with Gasteiger partial charge in [0.25, 0.3) is 5.91 Å². The molecule has 1 unspecified atom stereocenters. The summed E-state index contributed by atoms with van der Waals surface area (Å²) in [4.78, 5) is 11.4. The second-order valence-electron chi connectivity index (χ2n) is 2.96. The molecule has 5 heteroatoms. The average molecular weight is 198 g/mol. The van der Waals surface area contributed by atoms with Crippen LogP contribution in [0.25, 0.3) is 0 Å². The summed E-state index contributed by atoms with van der Waals surface area (Å²) in [6.45, 7) is 1.79. The maximum Gasteiger partial charge on any atom is 0.287 e. The van der Waals surface area contributed by atoms with Gasteiger partial charge in [0.1, 0.15) is 0 Å². The number of nitrogens with one attached hydrogen (secondary N) is 1. The molecule has 0 aliphatic rings. The fourth-order valence-corrected chi connectivity index (χ4v) is 1.01. The van der Waals surface area contributed by atoms with Crippen molar-refractivity contribution in [1.29, 1.82) is 0 Å². The zero-order valence-corrected chi connectivity index (χ0v) is 7.99. The summed E-state index contributed by atoms with van der Waals surface area (Å²) < 4.78 is 4.92. The molecule has 0 saturated carbocycles. The molecule has 4 N–H and O–H groups in total. The first-order valence-corrected chi connectivity index (χ1v) is 4.44. The quantitative estimate of drug-likeness (QED) is 0.651. The van der Waals surface area contributed by atoms with Crippen LogP contribution in [0.5, 0.6) is 0 Å². The Morgan fingerprint density at radius 3 is 2.86 bits per heavy atom. The van der Waals surface area contributed by atoms with E-state index >= 15 is 0 Å². The molecule has 1 amide bonds. The molecule has 0 aliphatic heterocycles. The molecule has 1 heterocycles. The van der Waals surface area contributed by atoms with Crippen LogP contribution in [0.4, 0.5) is 5.88 Å². The second kappa shape index (κ2) is 4.66. The Morgan fingerprint density at radius 1 is 1.71 bits per heavy atom. The summed E-state index contributed by atoms with van der Waals surface area (Å²) in [6, 6.07) is 2.76. The maximum atomic E-state index is 11.4. The van der Waals surface area contributed by atoms with E-state index in [1.165, 1.54) is 12.1 Å². The Kier molecular flexibility index (Phi) is 3.53. The number of carbonyl (C=O) groups is 1. The van der Waals surface area contributed by atoms with E-state index in [0.29, 0.717) is 6.42 Å². The van der Waals surface area contributed by atoms with Crippen LogP contribution in [0, 0.1) is 0 Å². The van der Waals surface area contributed by atoms with Crippen LogP contribution < -0.4 is 11.1 Å². The monoisotopic (exact) mass is 198 g/mol. The lowest BCUT2D eigenvalue weighted by Crippen LogP contribution is -2.36. The highest BCUT2D eigenvalue weighted by atomic mass is 16.4. The number of aliphatic hydroxyl groups excluding tert-OH is 1. The smallest absolute Gasteiger partial charge is 0.287 e. The molecular weight excluding hydrogens is 184 g/mol. The first kappa shape index (κ1) is 10.6. The van der Waals surface area contributed by atoms with Crippen molar-refractivity contribution in [1.82, 2.24) is 5.32 Å². The molecular formula is C9H14N2O3. The number of furan rings is 1. The third kappa shape index (κ3) is 2.50. The van der Waals surface area contributed by atoms with E-state index in [0.717, 1.165) is 0 Å². The molecule has 0 spiro atoms. The molecule has 1 aromatic rings. The molecule has 0 saturated heterocycles. The van der Waals surface area contributed by atoms with Crippen LogP contribution in [0.2, 0.25) is 0 Å². The molecule has 1 rings (SSSR count). The molecule has 0 aromatic carbocycles. The van der Waals surface area contributed by atoms with E-state index in [1.807, 2.05) is 6.92 Å². The van der Waals surface area contributed by atoms with Crippen LogP contribution >= 0.6 is 0 Å². The molecule has 1 aromatic heterocycles. The number of amides is 1. The van der Waals surface area contributed by atoms with Gasteiger partial charge in [-0.25, -0.2) is 0 Å². The molecule has 0 bridgehead atoms. The van der Waals surface area contributed by atoms with E-state index in [1.54, 1.807) is 0 Å². The van der Waals surface area contributed by atoms with Crippen LogP contribution in [0.15, 0.2) is 16.5 Å². The summed E-state index contributed by atoms with van der Waals surface area (Å²) in [5.74, 6) is 0.00389. The van der Waals surface area contributed by atoms with Gasteiger partial charge in [0.15, 0.2) is 11.6 Å². The van der Waals surface area contributed by atoms with E-state index in [9.17, 15) is 4.79 Å². The highest BCUT2D eigenvalue weighted by molar-refractivity contribution is 5.92. The lowest BCUT2D eigenvalue weighted by molar-refractivity contribution is 0.0888. The van der Waals surface area contributed by atoms with Crippen molar-refractivity contribution in [3.8, 4) is 0 Å². The zero-order valence-electron chi connectivity index (χ0n) is 7.99. The van der Waals surface area contributed by atoms with Crippen molar-refractivity contribution in [2.75, 3.05) is 12.3 Å². The largest absolute Gasteiger partial charge is 0.436 e. The minimum Gasteiger partial charge on any atom is -0.436 e.